The number of halogens is 2. The first-order chi connectivity index (χ1) is 9.65. The monoisotopic (exact) mass is 324 g/mol. The summed E-state index contributed by atoms with van der Waals surface area (Å²) in [7, 11) is 0. The fourth-order valence-electron chi connectivity index (χ4n) is 1.34. The van der Waals surface area contributed by atoms with Gasteiger partial charge in [-0.15, -0.1) is 0 Å². The van der Waals surface area contributed by atoms with Gasteiger partial charge in [-0.25, -0.2) is 0 Å². The highest BCUT2D eigenvalue weighted by Gasteiger charge is 2.00. The zero-order chi connectivity index (χ0) is 14.4. The molecule has 1 aromatic heterocycles. The molecule has 0 aliphatic heterocycles. The van der Waals surface area contributed by atoms with Crippen LogP contribution in [0.15, 0.2) is 47.7 Å². The van der Waals surface area contributed by atoms with E-state index in [1.54, 1.807) is 30.6 Å². The van der Waals surface area contributed by atoms with Crippen molar-refractivity contribution in [3.05, 3.63) is 58.3 Å². The van der Waals surface area contributed by atoms with Gasteiger partial charge in [-0.05, 0) is 42.5 Å². The molecule has 4 nitrogen and oxygen atoms in total. The van der Waals surface area contributed by atoms with E-state index >= 15 is 0 Å². The lowest BCUT2D eigenvalue weighted by atomic mass is 10.3. The normalized spacial score (nSPS) is 10.5. The first kappa shape index (κ1) is 14.7. The smallest absolute Gasteiger partial charge is 0.191 e. The Bertz CT molecular complexity index is 632. The zero-order valence-electron chi connectivity index (χ0n) is 10.2. The van der Waals surface area contributed by atoms with E-state index in [1.165, 1.54) is 0 Å². The number of nitrogens with one attached hydrogen (secondary N) is 2. The molecule has 2 N–H and O–H groups in total. The topological polar surface area (TPSA) is 49.3 Å². The standard InChI is InChI=1S/C13H10Cl2N4S/c14-11-5-4-9(7-12(11)15)18-13(20)19-17-8-10-3-1-2-6-16-10/h1-8H,(H2,18,19,20). The zero-order valence-corrected chi connectivity index (χ0v) is 12.5. The Kier molecular flexibility index (Phi) is 5.29. The molecule has 20 heavy (non-hydrogen) atoms. The minimum absolute atomic E-state index is 0.343. The number of hydrazone groups is 1. The van der Waals surface area contributed by atoms with E-state index in [-0.39, 0.29) is 0 Å². The Morgan fingerprint density at radius 3 is 2.75 bits per heavy atom. The van der Waals surface area contributed by atoms with Gasteiger partial charge in [0.05, 0.1) is 22.0 Å². The van der Waals surface area contributed by atoms with Gasteiger partial charge < -0.3 is 5.32 Å². The van der Waals surface area contributed by atoms with E-state index in [0.717, 1.165) is 11.4 Å². The van der Waals surface area contributed by atoms with Crippen molar-refractivity contribution in [2.45, 2.75) is 0 Å². The number of benzene rings is 1. The lowest BCUT2D eigenvalue weighted by Gasteiger charge is -2.07. The van der Waals surface area contributed by atoms with Gasteiger partial charge in [0.15, 0.2) is 5.11 Å². The second-order valence-electron chi connectivity index (χ2n) is 3.71. The van der Waals surface area contributed by atoms with Gasteiger partial charge in [-0.3, -0.25) is 10.4 Å². The third-order valence-corrected chi connectivity index (χ3v) is 3.16. The molecule has 0 saturated carbocycles. The average molecular weight is 325 g/mol. The van der Waals surface area contributed by atoms with Crippen molar-refractivity contribution < 1.29 is 0 Å². The highest BCUT2D eigenvalue weighted by molar-refractivity contribution is 7.80. The van der Waals surface area contributed by atoms with E-state index < -0.39 is 0 Å². The molecule has 0 atom stereocenters. The van der Waals surface area contributed by atoms with E-state index in [4.69, 9.17) is 35.4 Å². The maximum Gasteiger partial charge on any atom is 0.191 e. The van der Waals surface area contributed by atoms with Crippen LogP contribution in [0.5, 0.6) is 0 Å². The molecule has 1 aromatic carbocycles. The predicted octanol–water partition coefficient (Wildman–Crippen LogP) is 3.71. The summed E-state index contributed by atoms with van der Waals surface area (Å²) < 4.78 is 0. The number of rotatable bonds is 3. The summed E-state index contributed by atoms with van der Waals surface area (Å²) in [5, 5.41) is 8.20. The van der Waals surface area contributed by atoms with Crippen LogP contribution in [0.2, 0.25) is 10.0 Å². The molecule has 0 amide bonds. The molecule has 2 rings (SSSR count). The number of thiocarbonyl (C=S) groups is 1. The lowest BCUT2D eigenvalue weighted by molar-refractivity contribution is 1.05. The molecule has 0 fully saturated rings. The molecular weight excluding hydrogens is 315 g/mol. The van der Waals surface area contributed by atoms with Crippen molar-refractivity contribution in [3.8, 4) is 0 Å². The van der Waals surface area contributed by atoms with Crippen molar-refractivity contribution in [1.82, 2.24) is 10.4 Å². The number of pyridine rings is 1. The molecule has 0 saturated heterocycles. The van der Waals surface area contributed by atoms with Crippen molar-refractivity contribution >= 4 is 52.4 Å². The Morgan fingerprint density at radius 2 is 2.05 bits per heavy atom. The maximum atomic E-state index is 5.91. The number of anilines is 1. The molecule has 0 radical (unpaired) electrons. The maximum absolute atomic E-state index is 5.91. The second kappa shape index (κ2) is 7.19. The summed E-state index contributed by atoms with van der Waals surface area (Å²) in [4.78, 5) is 4.10. The number of aromatic nitrogens is 1. The highest BCUT2D eigenvalue weighted by Crippen LogP contribution is 2.24. The molecule has 0 unspecified atom stereocenters. The van der Waals surface area contributed by atoms with Crippen LogP contribution in [-0.4, -0.2) is 16.3 Å². The van der Waals surface area contributed by atoms with Gasteiger partial charge in [0.25, 0.3) is 0 Å². The molecule has 102 valence electrons. The summed E-state index contributed by atoms with van der Waals surface area (Å²) >= 11 is 16.8. The molecule has 2 aromatic rings. The van der Waals surface area contributed by atoms with Crippen LogP contribution in [0.25, 0.3) is 0 Å². The average Bonchev–Trinajstić information content (AvgIpc) is 2.44. The van der Waals surface area contributed by atoms with Crippen LogP contribution in [0, 0.1) is 0 Å². The third-order valence-electron chi connectivity index (χ3n) is 2.23. The molecule has 1 heterocycles. The lowest BCUT2D eigenvalue weighted by Crippen LogP contribution is -2.23. The van der Waals surface area contributed by atoms with Crippen LogP contribution >= 0.6 is 35.4 Å². The van der Waals surface area contributed by atoms with Crippen LogP contribution in [0.4, 0.5) is 5.69 Å². The van der Waals surface area contributed by atoms with Crippen LogP contribution in [-0.2, 0) is 0 Å². The minimum atomic E-state index is 0.343. The SMILES string of the molecule is S=C(NN=Cc1ccccn1)Nc1ccc(Cl)c(Cl)c1. The first-order valence-corrected chi connectivity index (χ1v) is 6.78. The van der Waals surface area contributed by atoms with Crippen LogP contribution in [0.1, 0.15) is 5.69 Å². The van der Waals surface area contributed by atoms with E-state index in [0.29, 0.717) is 15.2 Å². The van der Waals surface area contributed by atoms with Gasteiger partial charge in [-0.2, -0.15) is 5.10 Å². The van der Waals surface area contributed by atoms with Gasteiger partial charge in [0.2, 0.25) is 0 Å². The fourth-order valence-corrected chi connectivity index (χ4v) is 1.81. The summed E-state index contributed by atoms with van der Waals surface area (Å²) in [6, 6.07) is 10.7. The quantitative estimate of drug-likeness (QED) is 0.513. The highest BCUT2D eigenvalue weighted by atomic mass is 35.5. The van der Waals surface area contributed by atoms with E-state index in [2.05, 4.69) is 20.8 Å². The van der Waals surface area contributed by atoms with Gasteiger partial charge >= 0.3 is 0 Å². The molecule has 0 bridgehead atoms. The fraction of sp³-hybridized carbons (Fsp3) is 0. The molecule has 0 aliphatic carbocycles. The van der Waals surface area contributed by atoms with Crippen LogP contribution in [0.3, 0.4) is 0 Å². The first-order valence-electron chi connectivity index (χ1n) is 5.61. The Balaban J connectivity index is 1.89. The summed E-state index contributed by atoms with van der Waals surface area (Å²) in [6.07, 6.45) is 3.26. The van der Waals surface area contributed by atoms with Gasteiger partial charge in [-0.1, -0.05) is 29.3 Å². The predicted molar refractivity (Wildman–Crippen MR) is 87.6 cm³/mol. The van der Waals surface area contributed by atoms with Gasteiger partial charge in [0.1, 0.15) is 0 Å². The van der Waals surface area contributed by atoms with Crippen molar-refractivity contribution in [3.63, 3.8) is 0 Å². The second-order valence-corrected chi connectivity index (χ2v) is 4.93. The van der Waals surface area contributed by atoms with E-state index in [1.807, 2.05) is 18.2 Å². The Morgan fingerprint density at radius 1 is 1.20 bits per heavy atom. The van der Waals surface area contributed by atoms with E-state index in [9.17, 15) is 0 Å². The number of hydrogen-bond donors (Lipinski definition) is 2. The Hall–Kier alpha value is -1.69. The Labute approximate surface area is 131 Å². The molecule has 0 spiro atoms. The third kappa shape index (κ3) is 4.45. The van der Waals surface area contributed by atoms with Crippen LogP contribution < -0.4 is 10.7 Å². The van der Waals surface area contributed by atoms with Crippen molar-refractivity contribution in [2.24, 2.45) is 5.10 Å². The van der Waals surface area contributed by atoms with Crippen molar-refractivity contribution in [1.29, 1.82) is 0 Å². The molecular formula is C13H10Cl2N4S. The van der Waals surface area contributed by atoms with Gasteiger partial charge in [0, 0.05) is 11.9 Å². The number of nitrogens with zero attached hydrogens (tertiary/aromatic N) is 2. The largest absolute Gasteiger partial charge is 0.331 e. The summed E-state index contributed by atoms with van der Waals surface area (Å²) in [5.41, 5.74) is 4.15. The van der Waals surface area contributed by atoms with Crippen molar-refractivity contribution in [2.75, 3.05) is 5.32 Å². The number of hydrogen-bond acceptors (Lipinski definition) is 3. The summed E-state index contributed by atoms with van der Waals surface area (Å²) in [6.45, 7) is 0. The molecule has 7 heteroatoms. The molecule has 0 aliphatic rings. The minimum Gasteiger partial charge on any atom is -0.331 e. The summed E-state index contributed by atoms with van der Waals surface area (Å²) in [5.74, 6) is 0.